The molecular weight excluding hydrogens is 1070 g/mol. The molecule has 14 aromatic rings. The van der Waals surface area contributed by atoms with Crippen LogP contribution in [0.2, 0.25) is 0 Å². The quantitative estimate of drug-likeness (QED) is 0.111. The van der Waals surface area contributed by atoms with E-state index in [1.54, 1.807) is 0 Å². The molecule has 0 aliphatic carbocycles. The first-order valence-electron chi connectivity index (χ1n) is 30.5. The van der Waals surface area contributed by atoms with Crippen LogP contribution in [0, 0.1) is 0 Å². The smallest absolute Gasteiger partial charge is 0.249 e. The first-order valence-corrected chi connectivity index (χ1v) is 31.3. The molecule has 3 heterocycles. The molecular formula is C82H64BN3S. The van der Waals surface area contributed by atoms with Crippen LogP contribution in [-0.2, 0) is 10.8 Å². The number of aromatic nitrogens is 1. The summed E-state index contributed by atoms with van der Waals surface area (Å²) in [6.07, 6.45) is 0. The highest BCUT2D eigenvalue weighted by atomic mass is 32.2. The lowest BCUT2D eigenvalue weighted by Gasteiger charge is -2.43. The third kappa shape index (κ3) is 8.65. The zero-order chi connectivity index (χ0) is 58.7. The monoisotopic (exact) mass is 1130 g/mol. The number of rotatable bonds is 8. The van der Waals surface area contributed by atoms with E-state index in [9.17, 15) is 0 Å². The lowest BCUT2D eigenvalue weighted by molar-refractivity contribution is 0.589. The maximum atomic E-state index is 2.71. The average Bonchev–Trinajstić information content (AvgIpc) is 1.43. The van der Waals surface area contributed by atoms with E-state index in [4.69, 9.17) is 0 Å². The summed E-state index contributed by atoms with van der Waals surface area (Å²) in [4.78, 5) is 7.75. The number of fused-ring (bicyclic) bond motifs is 9. The highest BCUT2D eigenvalue weighted by Gasteiger charge is 2.44. The normalized spacial score (nSPS) is 12.9. The molecule has 0 radical (unpaired) electrons. The van der Waals surface area contributed by atoms with Crippen LogP contribution in [0.1, 0.15) is 52.7 Å². The highest BCUT2D eigenvalue weighted by molar-refractivity contribution is 8.00. The largest absolute Gasteiger partial charge is 0.310 e. The second-order valence-corrected chi connectivity index (χ2v) is 26.7. The second-order valence-electron chi connectivity index (χ2n) is 25.6. The van der Waals surface area contributed by atoms with Gasteiger partial charge in [-0.25, -0.2) is 0 Å². The molecule has 3 nitrogen and oxygen atoms in total. The van der Waals surface area contributed by atoms with Crippen molar-refractivity contribution in [1.82, 2.24) is 4.57 Å². The Balaban J connectivity index is 1.02. The van der Waals surface area contributed by atoms with E-state index in [0.29, 0.717) is 0 Å². The van der Waals surface area contributed by atoms with Crippen LogP contribution < -0.4 is 26.2 Å². The number of anilines is 6. The predicted octanol–water partition coefficient (Wildman–Crippen LogP) is 20.9. The van der Waals surface area contributed by atoms with Gasteiger partial charge in [0.1, 0.15) is 0 Å². The first-order chi connectivity index (χ1) is 42.5. The molecule has 0 N–H and O–H groups in total. The van der Waals surface area contributed by atoms with Gasteiger partial charge >= 0.3 is 0 Å². The molecule has 0 unspecified atom stereocenters. The van der Waals surface area contributed by atoms with Crippen molar-refractivity contribution in [3.05, 3.63) is 290 Å². The summed E-state index contributed by atoms with van der Waals surface area (Å²) in [6.45, 7) is 14.1. The molecule has 0 atom stereocenters. The van der Waals surface area contributed by atoms with Crippen LogP contribution in [0.25, 0.3) is 82.4 Å². The summed E-state index contributed by atoms with van der Waals surface area (Å²) in [5, 5.41) is 7.30. The van der Waals surface area contributed by atoms with Gasteiger partial charge in [-0.1, -0.05) is 259 Å². The van der Waals surface area contributed by atoms with E-state index in [-0.39, 0.29) is 17.5 Å². The fraction of sp³-hybridized carbons (Fsp3) is 0.0976. The highest BCUT2D eigenvalue weighted by Crippen LogP contribution is 2.54. The Hall–Kier alpha value is -9.81. The Bertz CT molecular complexity index is 4830. The van der Waals surface area contributed by atoms with Crippen LogP contribution in [0.5, 0.6) is 0 Å². The minimum Gasteiger partial charge on any atom is -0.310 e. The van der Waals surface area contributed by atoms with Crippen LogP contribution in [0.4, 0.5) is 34.1 Å². The van der Waals surface area contributed by atoms with Crippen molar-refractivity contribution in [2.45, 2.75) is 62.2 Å². The Kier molecular flexibility index (Phi) is 12.4. The van der Waals surface area contributed by atoms with E-state index in [1.807, 2.05) is 11.8 Å². The van der Waals surface area contributed by atoms with E-state index < -0.39 is 0 Å². The molecule has 0 saturated carbocycles. The summed E-state index contributed by atoms with van der Waals surface area (Å²) < 4.78 is 2.47. The van der Waals surface area contributed by atoms with Gasteiger partial charge in [-0.3, -0.25) is 0 Å². The van der Waals surface area contributed by atoms with Gasteiger partial charge in [0, 0.05) is 70.9 Å². The summed E-state index contributed by atoms with van der Waals surface area (Å²) in [5.74, 6) is 0. The zero-order valence-corrected chi connectivity index (χ0v) is 50.7. The SMILES string of the molecule is CC(C)(C)c1cc(-c2ccccc2)c(N2c3cc(-c4c5ccccc5c(N(c5ccccc5)c5ccccc5)c5ccccc45)ccc3B3c4ccc(-n5c6ccccc6c6ccccc65)cc4Sc4cc(C(C)(C)C)cc2c43)c(-c2ccccc2)c1. The van der Waals surface area contributed by atoms with E-state index in [2.05, 4.69) is 335 Å². The fourth-order valence-corrected chi connectivity index (χ4v) is 15.3. The third-order valence-corrected chi connectivity index (χ3v) is 19.4. The van der Waals surface area contributed by atoms with Crippen LogP contribution in [0.15, 0.2) is 289 Å². The molecule has 416 valence electrons. The number of benzene rings is 13. The van der Waals surface area contributed by atoms with Crippen molar-refractivity contribution in [1.29, 1.82) is 0 Å². The molecule has 13 aromatic carbocycles. The second kappa shape index (κ2) is 20.4. The molecule has 2 aliphatic heterocycles. The summed E-state index contributed by atoms with van der Waals surface area (Å²) in [7, 11) is 0. The molecule has 2 aliphatic rings. The number of hydrogen-bond acceptors (Lipinski definition) is 3. The van der Waals surface area contributed by atoms with Crippen molar-refractivity contribution in [2.24, 2.45) is 0 Å². The molecule has 0 saturated heterocycles. The van der Waals surface area contributed by atoms with Gasteiger partial charge in [0.05, 0.1) is 22.4 Å². The molecule has 0 spiro atoms. The minimum atomic E-state index is -0.173. The lowest BCUT2D eigenvalue weighted by atomic mass is 9.34. The Morgan fingerprint density at radius 1 is 0.368 bits per heavy atom. The fourth-order valence-electron chi connectivity index (χ4n) is 14.1. The first kappa shape index (κ1) is 52.7. The minimum absolute atomic E-state index is 0.0665. The van der Waals surface area contributed by atoms with Gasteiger partial charge in [-0.05, 0) is 145 Å². The van der Waals surface area contributed by atoms with E-state index >= 15 is 0 Å². The van der Waals surface area contributed by atoms with Crippen molar-refractivity contribution in [3.8, 4) is 39.1 Å². The van der Waals surface area contributed by atoms with Gasteiger partial charge in [-0.2, -0.15) is 0 Å². The van der Waals surface area contributed by atoms with Gasteiger partial charge in [-0.15, -0.1) is 0 Å². The number of nitrogens with zero attached hydrogens (tertiary/aromatic N) is 3. The molecule has 87 heavy (non-hydrogen) atoms. The lowest BCUT2D eigenvalue weighted by Crippen LogP contribution is -2.60. The van der Waals surface area contributed by atoms with E-state index in [1.165, 1.54) is 137 Å². The van der Waals surface area contributed by atoms with Crippen molar-refractivity contribution in [2.75, 3.05) is 9.80 Å². The van der Waals surface area contributed by atoms with Crippen LogP contribution >= 0.6 is 11.8 Å². The molecule has 5 heteroatoms. The van der Waals surface area contributed by atoms with Crippen molar-refractivity contribution in [3.63, 3.8) is 0 Å². The number of para-hydroxylation sites is 4. The Morgan fingerprint density at radius 3 is 1.36 bits per heavy atom. The van der Waals surface area contributed by atoms with Crippen molar-refractivity contribution < 1.29 is 0 Å². The van der Waals surface area contributed by atoms with E-state index in [0.717, 1.165) is 17.1 Å². The topological polar surface area (TPSA) is 11.4 Å². The maximum Gasteiger partial charge on any atom is 0.249 e. The maximum absolute atomic E-state index is 2.71. The molecule has 0 fully saturated rings. The summed E-state index contributed by atoms with van der Waals surface area (Å²) >= 11 is 1.94. The van der Waals surface area contributed by atoms with Gasteiger partial charge in [0.15, 0.2) is 0 Å². The predicted molar refractivity (Wildman–Crippen MR) is 374 cm³/mol. The zero-order valence-electron chi connectivity index (χ0n) is 49.9. The van der Waals surface area contributed by atoms with Crippen LogP contribution in [0.3, 0.4) is 0 Å². The van der Waals surface area contributed by atoms with Gasteiger partial charge in [0.2, 0.25) is 6.71 Å². The van der Waals surface area contributed by atoms with Crippen LogP contribution in [-0.4, -0.2) is 11.3 Å². The van der Waals surface area contributed by atoms with Gasteiger partial charge in [0.25, 0.3) is 0 Å². The molecule has 0 bridgehead atoms. The Morgan fingerprint density at radius 2 is 0.828 bits per heavy atom. The average molecular weight is 1130 g/mol. The summed E-state index contributed by atoms with van der Waals surface area (Å²) in [5.41, 5.74) is 23.9. The van der Waals surface area contributed by atoms with Gasteiger partial charge < -0.3 is 14.4 Å². The molecule has 1 aromatic heterocycles. The third-order valence-electron chi connectivity index (χ3n) is 18.3. The molecule has 0 amide bonds. The number of hydrogen-bond donors (Lipinski definition) is 0. The summed E-state index contributed by atoms with van der Waals surface area (Å²) in [6, 6.07) is 105. The molecule has 16 rings (SSSR count). The van der Waals surface area contributed by atoms with Crippen molar-refractivity contribution >= 4 is 112 Å². The Labute approximate surface area is 514 Å². The standard InChI is InChI=1S/C82H64BN3S/c1-81(2,3)56-48-67(53-27-11-7-12-28-53)80(68(49-56)54-29-13-8-14-30-54)86-73-47-55(77-63-37-19-21-39-65(63)79(66-40-22-20-38-64(66)77)84(58-31-15-9-16-32-58)59-33-17-10-18-34-59)43-45-69(73)83-70-46-44-60(85-71-41-25-23-35-61(71)62-36-24-26-42-72(62)85)52-75(70)87-76-51-57(82(4,5)6)50-74(86)78(76)83/h7-52H,1-6H3.